The van der Waals surface area contributed by atoms with E-state index >= 15 is 0 Å². The van der Waals surface area contributed by atoms with E-state index in [2.05, 4.69) is 67.7 Å². The summed E-state index contributed by atoms with van der Waals surface area (Å²) in [5.74, 6) is -0.480. The maximum Gasteiger partial charge on any atom is 0.229 e. The molecule has 10 heteroatoms. The normalized spacial score (nSPS) is 28.9. The van der Waals surface area contributed by atoms with E-state index in [-0.39, 0.29) is 23.3 Å². The van der Waals surface area contributed by atoms with Gasteiger partial charge in [0, 0.05) is 6.07 Å². The van der Waals surface area contributed by atoms with E-state index < -0.39 is 46.8 Å². The average Bonchev–Trinajstić information content (AvgIpc) is 3.15. The number of ether oxygens (including phenoxy) is 4. The standard InChI is InChI=1S/C27H48O8Si2/c1-25(2,3)36(9,10)34-22-20(15-28)33-27(24(29)23(22)35-37(11,12)26(4,5)6)21-17(16-32-27)13-18(30-7)14-19(21)31-8/h13-14,20,22-24,28-29H,15-16H2,1-12H3/t20-,22-,23+,24-,27+/m1/s1. The lowest BCUT2D eigenvalue weighted by atomic mass is 9.87. The van der Waals surface area contributed by atoms with Gasteiger partial charge in [0.1, 0.15) is 35.9 Å². The van der Waals surface area contributed by atoms with E-state index in [1.807, 2.05) is 6.07 Å². The Balaban J connectivity index is 2.18. The molecule has 37 heavy (non-hydrogen) atoms. The predicted molar refractivity (Wildman–Crippen MR) is 148 cm³/mol. The van der Waals surface area contributed by atoms with Crippen molar-refractivity contribution in [2.45, 2.75) is 115 Å². The molecule has 2 aliphatic heterocycles. The highest BCUT2D eigenvalue weighted by Gasteiger charge is 2.63. The minimum Gasteiger partial charge on any atom is -0.497 e. The highest BCUT2D eigenvalue weighted by Crippen LogP contribution is 2.53. The lowest BCUT2D eigenvalue weighted by Gasteiger charge is -2.54. The lowest BCUT2D eigenvalue weighted by molar-refractivity contribution is -0.365. The molecule has 3 rings (SSSR count). The van der Waals surface area contributed by atoms with E-state index in [0.717, 1.165) is 5.56 Å². The molecule has 0 amide bonds. The molecule has 0 aromatic heterocycles. The van der Waals surface area contributed by atoms with Gasteiger partial charge >= 0.3 is 0 Å². The average molecular weight is 557 g/mol. The van der Waals surface area contributed by atoms with Crippen LogP contribution in [0.15, 0.2) is 12.1 Å². The van der Waals surface area contributed by atoms with Crippen molar-refractivity contribution in [1.82, 2.24) is 0 Å². The van der Waals surface area contributed by atoms with Crippen molar-refractivity contribution in [1.29, 1.82) is 0 Å². The SMILES string of the molecule is COc1cc2c(c(OC)c1)[C@]1(OC2)O[C@H](CO)[C@@H](O[Si](C)(C)C(C)(C)C)[C@H](O[Si](C)(C)C(C)(C)C)[C@H]1O. The first-order valence-electron chi connectivity index (χ1n) is 13.1. The minimum atomic E-state index is -2.40. The van der Waals surface area contributed by atoms with Gasteiger partial charge in [-0.2, -0.15) is 0 Å². The summed E-state index contributed by atoms with van der Waals surface area (Å²) in [6, 6.07) is 3.61. The largest absolute Gasteiger partial charge is 0.497 e. The van der Waals surface area contributed by atoms with Gasteiger partial charge in [-0.1, -0.05) is 41.5 Å². The monoisotopic (exact) mass is 556 g/mol. The second kappa shape index (κ2) is 10.2. The fourth-order valence-corrected chi connectivity index (χ4v) is 7.05. The smallest absolute Gasteiger partial charge is 0.229 e. The van der Waals surface area contributed by atoms with Crippen LogP contribution in [0.1, 0.15) is 52.7 Å². The van der Waals surface area contributed by atoms with Crippen molar-refractivity contribution in [3.63, 3.8) is 0 Å². The lowest BCUT2D eigenvalue weighted by Crippen LogP contribution is -2.68. The van der Waals surface area contributed by atoms with Gasteiger partial charge in [-0.15, -0.1) is 0 Å². The molecule has 1 aromatic carbocycles. The van der Waals surface area contributed by atoms with Gasteiger partial charge in [0.15, 0.2) is 16.6 Å². The maximum atomic E-state index is 12.1. The number of aliphatic hydroxyl groups is 2. The quantitative estimate of drug-likeness (QED) is 0.457. The van der Waals surface area contributed by atoms with Gasteiger partial charge in [-0.25, -0.2) is 0 Å². The van der Waals surface area contributed by atoms with Gasteiger partial charge in [0.05, 0.1) is 33.0 Å². The summed E-state index contributed by atoms with van der Waals surface area (Å²) in [5.41, 5.74) is 1.39. The van der Waals surface area contributed by atoms with Crippen LogP contribution in [0.25, 0.3) is 0 Å². The number of benzene rings is 1. The van der Waals surface area contributed by atoms with Gasteiger partial charge < -0.3 is 38.0 Å². The third kappa shape index (κ3) is 5.41. The molecular formula is C27H48O8Si2. The van der Waals surface area contributed by atoms with Crippen molar-refractivity contribution in [3.05, 3.63) is 23.3 Å². The molecule has 212 valence electrons. The molecule has 0 unspecified atom stereocenters. The van der Waals surface area contributed by atoms with Gasteiger partial charge in [0.25, 0.3) is 0 Å². The minimum absolute atomic E-state index is 0.0924. The Hall–Kier alpha value is -0.986. The van der Waals surface area contributed by atoms with E-state index in [4.69, 9.17) is 27.8 Å². The number of aliphatic hydroxyl groups excluding tert-OH is 2. The Morgan fingerprint density at radius 1 is 0.919 bits per heavy atom. The van der Waals surface area contributed by atoms with Gasteiger partial charge in [-0.05, 0) is 47.9 Å². The van der Waals surface area contributed by atoms with Crippen LogP contribution in [-0.2, 0) is 30.7 Å². The summed E-state index contributed by atoms with van der Waals surface area (Å²) >= 11 is 0. The Labute approximate surface area is 224 Å². The molecule has 5 atom stereocenters. The zero-order valence-corrected chi connectivity index (χ0v) is 26.7. The first kappa shape index (κ1) is 30.6. The molecule has 0 bridgehead atoms. The van der Waals surface area contributed by atoms with Crippen molar-refractivity contribution in [2.75, 3.05) is 20.8 Å². The Morgan fingerprint density at radius 3 is 1.92 bits per heavy atom. The van der Waals surface area contributed by atoms with Crippen LogP contribution in [0, 0.1) is 0 Å². The molecule has 0 aliphatic carbocycles. The third-order valence-electron chi connectivity index (χ3n) is 8.77. The summed E-state index contributed by atoms with van der Waals surface area (Å²) in [5, 5.41) is 22.5. The van der Waals surface area contributed by atoms with Crippen LogP contribution in [-0.4, -0.2) is 72.1 Å². The Kier molecular flexibility index (Phi) is 8.42. The first-order chi connectivity index (χ1) is 16.8. The van der Waals surface area contributed by atoms with Crippen LogP contribution < -0.4 is 9.47 Å². The second-order valence-corrected chi connectivity index (χ2v) is 22.8. The van der Waals surface area contributed by atoms with Crippen LogP contribution >= 0.6 is 0 Å². The third-order valence-corrected chi connectivity index (χ3v) is 17.7. The highest BCUT2D eigenvalue weighted by molar-refractivity contribution is 6.74. The fourth-order valence-electron chi connectivity index (χ4n) is 4.44. The molecule has 1 fully saturated rings. The van der Waals surface area contributed by atoms with Crippen molar-refractivity contribution in [2.24, 2.45) is 0 Å². The number of fused-ring (bicyclic) bond motifs is 2. The zero-order valence-electron chi connectivity index (χ0n) is 24.7. The zero-order chi connectivity index (χ0) is 28.2. The maximum absolute atomic E-state index is 12.1. The van der Waals surface area contributed by atoms with Crippen molar-refractivity contribution < 1.29 is 38.0 Å². The number of hydrogen-bond donors (Lipinski definition) is 2. The molecule has 2 N–H and O–H groups in total. The van der Waals surface area contributed by atoms with Crippen molar-refractivity contribution >= 4 is 16.6 Å². The van der Waals surface area contributed by atoms with Gasteiger partial charge in [0.2, 0.25) is 5.79 Å². The van der Waals surface area contributed by atoms with Gasteiger partial charge in [-0.3, -0.25) is 0 Å². The molecule has 2 heterocycles. The Morgan fingerprint density at radius 2 is 1.46 bits per heavy atom. The van der Waals surface area contributed by atoms with Crippen LogP contribution in [0.2, 0.25) is 36.3 Å². The van der Waals surface area contributed by atoms with Crippen LogP contribution in [0.5, 0.6) is 11.5 Å². The molecule has 1 aromatic rings. The summed E-state index contributed by atoms with van der Waals surface area (Å²) in [6.07, 6.45) is -3.50. The molecule has 8 nitrogen and oxygen atoms in total. The summed E-state index contributed by atoms with van der Waals surface area (Å²) in [4.78, 5) is 0. The second-order valence-electron chi connectivity index (χ2n) is 13.3. The van der Waals surface area contributed by atoms with Crippen molar-refractivity contribution in [3.8, 4) is 11.5 Å². The van der Waals surface area contributed by atoms with Crippen LogP contribution in [0.4, 0.5) is 0 Å². The van der Waals surface area contributed by atoms with E-state index in [9.17, 15) is 10.2 Å². The summed E-state index contributed by atoms with van der Waals surface area (Å²) in [6.45, 7) is 21.4. The number of hydrogen-bond acceptors (Lipinski definition) is 8. The van der Waals surface area contributed by atoms with E-state index in [1.54, 1.807) is 20.3 Å². The molecule has 1 spiro atoms. The first-order valence-corrected chi connectivity index (χ1v) is 18.9. The highest BCUT2D eigenvalue weighted by atomic mass is 28.4. The molecule has 0 saturated carbocycles. The number of rotatable bonds is 7. The Bertz CT molecular complexity index is 968. The topological polar surface area (TPSA) is 95.8 Å². The molecule has 2 aliphatic rings. The molecular weight excluding hydrogens is 508 g/mol. The molecule has 0 radical (unpaired) electrons. The molecule has 1 saturated heterocycles. The summed E-state index contributed by atoms with van der Waals surface area (Å²) < 4.78 is 37.8. The number of methoxy groups -OCH3 is 2. The van der Waals surface area contributed by atoms with E-state index in [1.165, 1.54) is 0 Å². The van der Waals surface area contributed by atoms with Crippen LogP contribution in [0.3, 0.4) is 0 Å². The summed E-state index contributed by atoms with van der Waals surface area (Å²) in [7, 11) is -1.60. The van der Waals surface area contributed by atoms with E-state index in [0.29, 0.717) is 17.1 Å². The predicted octanol–water partition coefficient (Wildman–Crippen LogP) is 4.92. The fraction of sp³-hybridized carbons (Fsp3) is 0.778.